The average molecular weight is 617 g/mol. The second kappa shape index (κ2) is 12.7. The molecular weight excluding hydrogens is 589 g/mol. The van der Waals surface area contributed by atoms with Crippen LogP contribution in [0.3, 0.4) is 0 Å². The number of nitriles is 1. The van der Waals surface area contributed by atoms with Gasteiger partial charge in [-0.05, 0) is 48.2 Å². The molecule has 2 aromatic heterocycles. The molecule has 0 spiro atoms. The van der Waals surface area contributed by atoms with Gasteiger partial charge >= 0.3 is 0 Å². The Morgan fingerprint density at radius 3 is 1.67 bits per heavy atom. The number of fused-ring (bicyclic) bond motifs is 1. The Bertz CT molecular complexity index is 2320. The molecule has 0 amide bonds. The molecule has 226 valence electrons. The summed E-state index contributed by atoms with van der Waals surface area (Å²) in [4.78, 5) is 25.1. The molecule has 7 aromatic rings. The lowest BCUT2D eigenvalue weighted by atomic mass is 9.99. The number of rotatable bonds is 6. The minimum absolute atomic E-state index is 0.568. The molecule has 1 aliphatic carbocycles. The smallest absolute Gasteiger partial charge is 0.164 e. The predicted molar refractivity (Wildman–Crippen MR) is 190 cm³/mol. The Kier molecular flexibility index (Phi) is 7.62. The standard InChI is InChI=1S/C42H28N6/c43-27-28-18-20-31(21-19-28)38-39(45-37-17-8-7-16-36(37)44-38)34-14-9-15-35(26-34)42-47-40(32-12-5-2-6-13-32)46-41(48-42)33-24-22-30(23-25-33)29-10-3-1-4-11-29/h1-6,8-15,17-26H,7,16H2. The van der Waals surface area contributed by atoms with E-state index in [9.17, 15) is 5.26 Å². The van der Waals surface area contributed by atoms with Crippen molar-refractivity contribution >= 4 is 6.08 Å². The van der Waals surface area contributed by atoms with Gasteiger partial charge in [0.15, 0.2) is 17.5 Å². The number of hydrogen-bond donors (Lipinski definition) is 0. The van der Waals surface area contributed by atoms with E-state index in [4.69, 9.17) is 24.9 Å². The van der Waals surface area contributed by atoms with E-state index in [1.165, 1.54) is 0 Å². The fraction of sp³-hybridized carbons (Fsp3) is 0.0476. The van der Waals surface area contributed by atoms with Crippen LogP contribution in [0, 0.1) is 11.3 Å². The van der Waals surface area contributed by atoms with Crippen LogP contribution in [0.25, 0.3) is 73.9 Å². The van der Waals surface area contributed by atoms with E-state index in [1.54, 1.807) is 0 Å². The van der Waals surface area contributed by atoms with E-state index in [1.807, 2.05) is 91.0 Å². The zero-order valence-electron chi connectivity index (χ0n) is 26.0. The molecule has 2 heterocycles. The summed E-state index contributed by atoms with van der Waals surface area (Å²) in [6.07, 6.45) is 5.96. The van der Waals surface area contributed by atoms with Crippen molar-refractivity contribution in [1.29, 1.82) is 5.26 Å². The van der Waals surface area contributed by atoms with Crippen LogP contribution in [0.2, 0.25) is 0 Å². The van der Waals surface area contributed by atoms with Gasteiger partial charge in [-0.2, -0.15) is 5.26 Å². The van der Waals surface area contributed by atoms with Gasteiger partial charge in [0.2, 0.25) is 0 Å². The third-order valence-electron chi connectivity index (χ3n) is 8.42. The van der Waals surface area contributed by atoms with E-state index < -0.39 is 0 Å². The fourth-order valence-electron chi connectivity index (χ4n) is 5.92. The summed E-state index contributed by atoms with van der Waals surface area (Å²) in [5.41, 5.74) is 10.8. The van der Waals surface area contributed by atoms with Crippen molar-refractivity contribution in [2.75, 3.05) is 0 Å². The summed E-state index contributed by atoms with van der Waals surface area (Å²) in [5, 5.41) is 9.37. The molecule has 48 heavy (non-hydrogen) atoms. The summed E-state index contributed by atoms with van der Waals surface area (Å²) in [6.45, 7) is 0. The molecule has 0 saturated carbocycles. The Morgan fingerprint density at radius 2 is 0.979 bits per heavy atom. The molecule has 0 fully saturated rings. The van der Waals surface area contributed by atoms with Crippen LogP contribution in [0.15, 0.2) is 140 Å². The molecule has 8 rings (SSSR count). The van der Waals surface area contributed by atoms with Crippen LogP contribution in [0.4, 0.5) is 0 Å². The fourth-order valence-corrected chi connectivity index (χ4v) is 5.92. The molecule has 6 nitrogen and oxygen atoms in total. The lowest BCUT2D eigenvalue weighted by molar-refractivity contribution is 0.907. The van der Waals surface area contributed by atoms with Gasteiger partial charge in [-0.1, -0.05) is 121 Å². The van der Waals surface area contributed by atoms with E-state index >= 15 is 0 Å². The zero-order valence-corrected chi connectivity index (χ0v) is 26.0. The highest BCUT2D eigenvalue weighted by Gasteiger charge is 2.19. The number of aryl methyl sites for hydroxylation is 1. The van der Waals surface area contributed by atoms with Gasteiger partial charge in [0.25, 0.3) is 0 Å². The maximum Gasteiger partial charge on any atom is 0.164 e. The van der Waals surface area contributed by atoms with Crippen LogP contribution in [-0.2, 0) is 6.42 Å². The molecule has 6 heteroatoms. The molecule has 0 aliphatic heterocycles. The van der Waals surface area contributed by atoms with Crippen LogP contribution in [-0.4, -0.2) is 24.9 Å². The number of nitrogens with zero attached hydrogens (tertiary/aromatic N) is 6. The number of hydrogen-bond acceptors (Lipinski definition) is 6. The van der Waals surface area contributed by atoms with E-state index in [0.29, 0.717) is 23.0 Å². The maximum atomic E-state index is 9.37. The van der Waals surface area contributed by atoms with Gasteiger partial charge in [0.05, 0.1) is 34.4 Å². The Balaban J connectivity index is 1.25. The minimum Gasteiger partial charge on any atom is -0.248 e. The van der Waals surface area contributed by atoms with Crippen molar-refractivity contribution < 1.29 is 0 Å². The van der Waals surface area contributed by atoms with Gasteiger partial charge < -0.3 is 0 Å². The van der Waals surface area contributed by atoms with Crippen molar-refractivity contribution in [3.63, 3.8) is 0 Å². The normalized spacial score (nSPS) is 11.9. The Hall–Kier alpha value is -6.58. The Morgan fingerprint density at radius 1 is 0.458 bits per heavy atom. The van der Waals surface area contributed by atoms with Crippen LogP contribution in [0.5, 0.6) is 0 Å². The first kappa shape index (κ1) is 28.9. The van der Waals surface area contributed by atoms with Crippen molar-refractivity contribution in [3.05, 3.63) is 156 Å². The summed E-state index contributed by atoms with van der Waals surface area (Å²) in [5.74, 6) is 1.77. The topological polar surface area (TPSA) is 88.2 Å². The number of allylic oxidation sites excluding steroid dienone is 1. The predicted octanol–water partition coefficient (Wildman–Crippen LogP) is 9.49. The van der Waals surface area contributed by atoms with E-state index in [0.717, 1.165) is 74.6 Å². The van der Waals surface area contributed by atoms with Gasteiger partial charge in [-0.3, -0.25) is 0 Å². The van der Waals surface area contributed by atoms with Crippen molar-refractivity contribution in [1.82, 2.24) is 24.9 Å². The first-order valence-electron chi connectivity index (χ1n) is 15.9. The van der Waals surface area contributed by atoms with Crippen molar-refractivity contribution in [2.45, 2.75) is 12.8 Å². The highest BCUT2D eigenvalue weighted by Crippen LogP contribution is 2.34. The minimum atomic E-state index is 0.568. The molecule has 0 saturated heterocycles. The van der Waals surface area contributed by atoms with Gasteiger partial charge in [0.1, 0.15) is 0 Å². The van der Waals surface area contributed by atoms with Gasteiger partial charge in [-0.15, -0.1) is 0 Å². The monoisotopic (exact) mass is 616 g/mol. The van der Waals surface area contributed by atoms with Crippen LogP contribution >= 0.6 is 0 Å². The lowest BCUT2D eigenvalue weighted by Gasteiger charge is -2.16. The van der Waals surface area contributed by atoms with Crippen LogP contribution < -0.4 is 0 Å². The third-order valence-corrected chi connectivity index (χ3v) is 8.42. The summed E-state index contributed by atoms with van der Waals surface area (Å²) < 4.78 is 0. The quantitative estimate of drug-likeness (QED) is 0.185. The Labute approximate surface area is 278 Å². The molecule has 0 unspecified atom stereocenters. The SMILES string of the molecule is N#Cc1ccc(-c2nc3c(nc2-c2cccc(-c4nc(-c5ccccc5)nc(-c5ccc(-c6ccccc6)cc5)n4)c2)C=CCC3)cc1. The number of aromatic nitrogens is 5. The molecule has 0 radical (unpaired) electrons. The highest BCUT2D eigenvalue weighted by atomic mass is 15.0. The second-order valence-corrected chi connectivity index (χ2v) is 11.6. The summed E-state index contributed by atoms with van der Waals surface area (Å²) in [6, 6.07) is 46.5. The first-order valence-corrected chi connectivity index (χ1v) is 15.9. The molecular formula is C42H28N6. The van der Waals surface area contributed by atoms with Crippen LogP contribution in [0.1, 0.15) is 23.4 Å². The highest BCUT2D eigenvalue weighted by molar-refractivity contribution is 5.82. The molecule has 0 N–H and O–H groups in total. The van der Waals surface area contributed by atoms with Crippen molar-refractivity contribution in [2.24, 2.45) is 0 Å². The van der Waals surface area contributed by atoms with E-state index in [-0.39, 0.29) is 0 Å². The molecule has 0 atom stereocenters. The second-order valence-electron chi connectivity index (χ2n) is 11.6. The molecule has 0 bridgehead atoms. The molecule has 1 aliphatic rings. The third kappa shape index (κ3) is 5.77. The maximum absolute atomic E-state index is 9.37. The summed E-state index contributed by atoms with van der Waals surface area (Å²) in [7, 11) is 0. The summed E-state index contributed by atoms with van der Waals surface area (Å²) >= 11 is 0. The van der Waals surface area contributed by atoms with Gasteiger partial charge in [0, 0.05) is 27.8 Å². The molecule has 5 aromatic carbocycles. The van der Waals surface area contributed by atoms with E-state index in [2.05, 4.69) is 60.7 Å². The number of benzene rings is 5. The van der Waals surface area contributed by atoms with Crippen molar-refractivity contribution in [3.8, 4) is 73.9 Å². The lowest BCUT2D eigenvalue weighted by Crippen LogP contribution is -2.05. The average Bonchev–Trinajstić information content (AvgIpc) is 3.18. The largest absolute Gasteiger partial charge is 0.248 e. The zero-order chi connectivity index (χ0) is 32.3. The first-order chi connectivity index (χ1) is 23.7. The van der Waals surface area contributed by atoms with Gasteiger partial charge in [-0.25, -0.2) is 24.9 Å².